The van der Waals surface area contributed by atoms with Crippen LogP contribution in [0.3, 0.4) is 0 Å². The number of nitrogens with zero attached hydrogens (tertiary/aromatic N) is 4. The molecule has 0 radical (unpaired) electrons. The van der Waals surface area contributed by atoms with E-state index in [0.29, 0.717) is 79.7 Å². The highest BCUT2D eigenvalue weighted by atomic mass is 33.1. The van der Waals surface area contributed by atoms with Gasteiger partial charge in [0.05, 0.1) is 18.2 Å². The zero-order valence-corrected chi connectivity index (χ0v) is 41.9. The standard InChI is InChI=1S/C53H60FN7O8S2/c1-34(35-11-16-42(17-12-35)69-26-5-7-41(62)29-45-47(63)18-19-48(45)64)58-59-49(65)31-53(2,3)71-70-27-20-50(66)61-24-22-60(23-25-61)40-14-9-36(10-15-40)51(67)56-33-38-8-13-39(28-46(38)54)57-52(68)44-30-43(44)37-6-4-21-55-32-37/h4,6,8-17,21,28,32,43-45H,5,7,18-20,22-27,29-31,33H2,1-3H3,(H,56,67)(H,57,68)(H,59,65)/b58-34+. The van der Waals surface area contributed by atoms with Crippen LogP contribution in [0.5, 0.6) is 5.75 Å². The minimum atomic E-state index is -0.761. The second-order valence-corrected chi connectivity index (χ2v) is 21.8. The van der Waals surface area contributed by atoms with E-state index in [1.165, 1.54) is 6.07 Å². The van der Waals surface area contributed by atoms with Gasteiger partial charge in [0.2, 0.25) is 17.7 Å². The topological polar surface area (TPSA) is 197 Å². The van der Waals surface area contributed by atoms with E-state index in [0.717, 1.165) is 23.2 Å². The first-order chi connectivity index (χ1) is 34.1. The van der Waals surface area contributed by atoms with Crippen molar-refractivity contribution < 1.29 is 42.7 Å². The van der Waals surface area contributed by atoms with Crippen LogP contribution in [0.1, 0.15) is 105 Å². The van der Waals surface area contributed by atoms with Crippen molar-refractivity contribution >= 4 is 79.7 Å². The number of piperazine rings is 1. The summed E-state index contributed by atoms with van der Waals surface area (Å²) in [5.74, 6) is -1.15. The number of ketones is 3. The van der Waals surface area contributed by atoms with Crippen molar-refractivity contribution in [3.63, 3.8) is 0 Å². The zero-order chi connectivity index (χ0) is 50.5. The molecule has 18 heteroatoms. The van der Waals surface area contributed by atoms with Crippen LogP contribution in [-0.4, -0.2) is 99.9 Å². The first-order valence-electron chi connectivity index (χ1n) is 24.0. The van der Waals surface area contributed by atoms with E-state index in [-0.39, 0.29) is 91.5 Å². The molecule has 2 heterocycles. The smallest absolute Gasteiger partial charge is 0.251 e. The fourth-order valence-corrected chi connectivity index (χ4v) is 11.0. The van der Waals surface area contributed by atoms with Crippen LogP contribution in [0.25, 0.3) is 0 Å². The van der Waals surface area contributed by atoms with Gasteiger partial charge in [-0.1, -0.05) is 33.7 Å². The number of hydrogen-bond acceptors (Lipinski definition) is 13. The lowest BCUT2D eigenvalue weighted by molar-refractivity contribution is -0.132. The van der Waals surface area contributed by atoms with Crippen molar-refractivity contribution in [1.29, 1.82) is 0 Å². The number of pyridine rings is 1. The van der Waals surface area contributed by atoms with Gasteiger partial charge in [0, 0.05) is 123 Å². The Morgan fingerprint density at radius 1 is 0.901 bits per heavy atom. The highest BCUT2D eigenvalue weighted by molar-refractivity contribution is 8.77. The number of halogens is 1. The normalized spacial score (nSPS) is 17.2. The molecule has 1 saturated heterocycles. The van der Waals surface area contributed by atoms with Gasteiger partial charge in [-0.15, -0.1) is 0 Å². The molecule has 374 valence electrons. The molecule has 3 aromatic carbocycles. The second kappa shape index (κ2) is 24.6. The minimum absolute atomic E-state index is 0.0122. The Morgan fingerprint density at radius 2 is 1.62 bits per heavy atom. The van der Waals surface area contributed by atoms with Gasteiger partial charge in [-0.3, -0.25) is 38.5 Å². The molecule has 2 unspecified atom stereocenters. The van der Waals surface area contributed by atoms with Gasteiger partial charge >= 0.3 is 0 Å². The van der Waals surface area contributed by atoms with Crippen molar-refractivity contribution in [2.45, 2.75) is 89.3 Å². The Balaban J connectivity index is 0.736. The lowest BCUT2D eigenvalue weighted by Gasteiger charge is -2.36. The van der Waals surface area contributed by atoms with Crippen LogP contribution >= 0.6 is 21.6 Å². The Labute approximate surface area is 421 Å². The fraction of sp³-hybridized carbons (Fsp3) is 0.415. The van der Waals surface area contributed by atoms with Gasteiger partial charge in [-0.2, -0.15) is 5.10 Å². The molecule has 2 atom stereocenters. The fourth-order valence-electron chi connectivity index (χ4n) is 8.51. The van der Waals surface area contributed by atoms with Crippen LogP contribution in [-0.2, 0) is 35.3 Å². The monoisotopic (exact) mass is 1010 g/mol. The van der Waals surface area contributed by atoms with Crippen LogP contribution in [0.15, 0.2) is 96.4 Å². The highest BCUT2D eigenvalue weighted by Crippen LogP contribution is 2.47. The molecule has 2 saturated carbocycles. The van der Waals surface area contributed by atoms with Gasteiger partial charge in [-0.25, -0.2) is 9.82 Å². The molecule has 3 fully saturated rings. The molecule has 7 rings (SSSR count). The summed E-state index contributed by atoms with van der Waals surface area (Å²) in [6.45, 7) is 8.49. The van der Waals surface area contributed by atoms with Crippen LogP contribution in [0.4, 0.5) is 15.8 Å². The summed E-state index contributed by atoms with van der Waals surface area (Å²) in [4.78, 5) is 95.6. The number of aromatic nitrogens is 1. The summed E-state index contributed by atoms with van der Waals surface area (Å²) < 4.78 is 20.3. The summed E-state index contributed by atoms with van der Waals surface area (Å²) in [6, 6.07) is 22.7. The number of hydrazone groups is 1. The second-order valence-electron chi connectivity index (χ2n) is 18.7. The van der Waals surface area contributed by atoms with E-state index < -0.39 is 16.5 Å². The summed E-state index contributed by atoms with van der Waals surface area (Å²) in [5, 5.41) is 9.87. The van der Waals surface area contributed by atoms with Crippen molar-refractivity contribution in [3.05, 3.63) is 119 Å². The SMILES string of the molecule is C/C(=N\NC(=O)CC(C)(C)SSCCC(=O)N1CCN(c2ccc(C(=O)NCc3ccc(NC(=O)C4CC4c4cccnc4)cc3F)cc2)CC1)c1ccc(OCCCC(=O)CC2C(=O)CCC2=O)cc1. The number of nitrogens with one attached hydrogen (secondary N) is 3. The predicted molar refractivity (Wildman–Crippen MR) is 274 cm³/mol. The van der Waals surface area contributed by atoms with Gasteiger partial charge in [0.1, 0.15) is 28.9 Å². The average molecular weight is 1010 g/mol. The van der Waals surface area contributed by atoms with Crippen molar-refractivity contribution in [1.82, 2.24) is 20.6 Å². The molecule has 1 aliphatic heterocycles. The number of ether oxygens (including phenoxy) is 1. The third-order valence-electron chi connectivity index (χ3n) is 12.7. The van der Waals surface area contributed by atoms with Gasteiger partial charge in [-0.05, 0) is 117 Å². The van der Waals surface area contributed by atoms with Gasteiger partial charge in [0.15, 0.2) is 0 Å². The molecule has 0 spiro atoms. The summed E-state index contributed by atoms with van der Waals surface area (Å²) >= 11 is 0. The highest BCUT2D eigenvalue weighted by Gasteiger charge is 2.44. The van der Waals surface area contributed by atoms with Crippen molar-refractivity contribution in [3.8, 4) is 5.75 Å². The summed E-state index contributed by atoms with van der Waals surface area (Å²) in [5.41, 5.74) is 7.12. The van der Waals surface area contributed by atoms with Crippen LogP contribution < -0.4 is 25.7 Å². The van der Waals surface area contributed by atoms with E-state index in [1.54, 1.807) is 77.3 Å². The largest absolute Gasteiger partial charge is 0.494 e. The Hall–Kier alpha value is -6.40. The third-order valence-corrected chi connectivity index (χ3v) is 16.0. The summed E-state index contributed by atoms with van der Waals surface area (Å²) in [6.07, 6.45) is 5.96. The molecule has 15 nitrogen and oxygen atoms in total. The molecule has 3 N–H and O–H groups in total. The summed E-state index contributed by atoms with van der Waals surface area (Å²) in [7, 11) is 3.12. The molecule has 3 aliphatic rings. The third kappa shape index (κ3) is 15.3. The van der Waals surface area contributed by atoms with Gasteiger partial charge in [0.25, 0.3) is 5.91 Å². The molecule has 1 aromatic heterocycles. The number of carbonyl (C=O) groups is 7. The Bertz CT molecular complexity index is 2590. The number of benzene rings is 3. The molecular formula is C53H60FN7O8S2. The van der Waals surface area contributed by atoms with E-state index in [2.05, 4.69) is 31.0 Å². The maximum Gasteiger partial charge on any atom is 0.251 e. The molecule has 4 aromatic rings. The number of anilines is 2. The molecule has 4 amide bonds. The lowest BCUT2D eigenvalue weighted by atomic mass is 9.97. The average Bonchev–Trinajstić information content (AvgIpc) is 4.12. The zero-order valence-electron chi connectivity index (χ0n) is 40.2. The van der Waals surface area contributed by atoms with E-state index in [4.69, 9.17) is 4.74 Å². The Kier molecular flexibility index (Phi) is 18.2. The number of hydrogen-bond donors (Lipinski definition) is 3. The molecule has 71 heavy (non-hydrogen) atoms. The molecular weight excluding hydrogens is 946 g/mol. The maximum absolute atomic E-state index is 15.0. The number of carbonyl (C=O) groups excluding carboxylic acids is 7. The van der Waals surface area contributed by atoms with Crippen molar-refractivity contribution in [2.24, 2.45) is 16.9 Å². The predicted octanol–water partition coefficient (Wildman–Crippen LogP) is 7.69. The first-order valence-corrected chi connectivity index (χ1v) is 26.3. The first kappa shape index (κ1) is 52.4. The van der Waals surface area contributed by atoms with Crippen molar-refractivity contribution in [2.75, 3.05) is 48.8 Å². The van der Waals surface area contributed by atoms with E-state index in [9.17, 15) is 38.0 Å². The number of Topliss-reactive ketones (excluding diaryl/α,β-unsaturated/α-hetero) is 3. The molecule has 2 aliphatic carbocycles. The van der Waals surface area contributed by atoms with E-state index in [1.807, 2.05) is 55.1 Å². The quantitative estimate of drug-likeness (QED) is 0.0216. The Morgan fingerprint density at radius 3 is 2.31 bits per heavy atom. The lowest BCUT2D eigenvalue weighted by Crippen LogP contribution is -2.48. The minimum Gasteiger partial charge on any atom is -0.494 e. The van der Waals surface area contributed by atoms with E-state index >= 15 is 0 Å². The maximum atomic E-state index is 15.0. The number of rotatable bonds is 23. The number of amides is 4. The molecule has 0 bridgehead atoms. The van der Waals surface area contributed by atoms with Crippen LogP contribution in [0.2, 0.25) is 0 Å². The van der Waals surface area contributed by atoms with Crippen LogP contribution in [0, 0.1) is 17.7 Å². The van der Waals surface area contributed by atoms with Gasteiger partial charge < -0.3 is 25.2 Å².